The lowest BCUT2D eigenvalue weighted by molar-refractivity contribution is -0.134. The first kappa shape index (κ1) is 17.3. The smallest absolute Gasteiger partial charge is 0.260 e. The second-order valence-electron chi connectivity index (χ2n) is 6.50. The number of hydrogen-bond donors (Lipinski definition) is 0. The number of carbonyl (C=O) groups is 1. The standard InChI is InChI=1S/C21H21N3O3/c25-21(24-12-4-1-5-13-24)15-26-20-10-7-16-14-17(8-9-18(16)23-20)27-19-6-2-3-11-22-19/h2-3,6-11,14H,1,4-5,12-13,15H2. The lowest BCUT2D eigenvalue weighted by atomic mass is 10.1. The molecule has 1 fully saturated rings. The molecule has 0 atom stereocenters. The Morgan fingerprint density at radius 2 is 1.89 bits per heavy atom. The van der Waals surface area contributed by atoms with Crippen LogP contribution in [0.2, 0.25) is 0 Å². The van der Waals surface area contributed by atoms with Gasteiger partial charge in [0.1, 0.15) is 5.75 Å². The number of carbonyl (C=O) groups excluding carboxylic acids is 1. The van der Waals surface area contributed by atoms with Crippen LogP contribution in [0, 0.1) is 0 Å². The molecular formula is C21H21N3O3. The maximum absolute atomic E-state index is 12.2. The van der Waals surface area contributed by atoms with E-state index in [2.05, 4.69) is 9.97 Å². The van der Waals surface area contributed by atoms with Crippen molar-refractivity contribution < 1.29 is 14.3 Å². The monoisotopic (exact) mass is 363 g/mol. The van der Waals surface area contributed by atoms with Crippen LogP contribution >= 0.6 is 0 Å². The molecule has 3 aromatic rings. The van der Waals surface area contributed by atoms with E-state index in [0.29, 0.717) is 17.5 Å². The molecule has 138 valence electrons. The van der Waals surface area contributed by atoms with Gasteiger partial charge in [-0.15, -0.1) is 0 Å². The Kier molecular flexibility index (Phi) is 5.14. The lowest BCUT2D eigenvalue weighted by Gasteiger charge is -2.26. The minimum Gasteiger partial charge on any atom is -0.468 e. The summed E-state index contributed by atoms with van der Waals surface area (Å²) >= 11 is 0. The summed E-state index contributed by atoms with van der Waals surface area (Å²) in [6, 6.07) is 14.8. The maximum Gasteiger partial charge on any atom is 0.260 e. The van der Waals surface area contributed by atoms with Gasteiger partial charge in [0.2, 0.25) is 11.8 Å². The number of hydrogen-bond acceptors (Lipinski definition) is 5. The Hall–Kier alpha value is -3.15. The average Bonchev–Trinajstić information content (AvgIpc) is 2.73. The number of pyridine rings is 2. The van der Waals surface area contributed by atoms with E-state index >= 15 is 0 Å². The first-order valence-electron chi connectivity index (χ1n) is 9.18. The SMILES string of the molecule is O=C(COc1ccc2cc(Oc3ccccn3)ccc2n1)N1CCCCC1. The van der Waals surface area contributed by atoms with Gasteiger partial charge in [-0.25, -0.2) is 9.97 Å². The molecule has 1 aliphatic rings. The largest absolute Gasteiger partial charge is 0.468 e. The minimum absolute atomic E-state index is 0.0238. The van der Waals surface area contributed by atoms with Gasteiger partial charge in [0.05, 0.1) is 5.52 Å². The van der Waals surface area contributed by atoms with Gasteiger partial charge >= 0.3 is 0 Å². The first-order valence-corrected chi connectivity index (χ1v) is 9.18. The molecule has 2 aromatic heterocycles. The van der Waals surface area contributed by atoms with Gasteiger partial charge < -0.3 is 14.4 Å². The van der Waals surface area contributed by atoms with Crippen molar-refractivity contribution in [1.82, 2.24) is 14.9 Å². The first-order chi connectivity index (χ1) is 13.3. The number of piperidine rings is 1. The zero-order chi connectivity index (χ0) is 18.5. The molecule has 4 rings (SSSR count). The Balaban J connectivity index is 1.41. The summed E-state index contributed by atoms with van der Waals surface area (Å²) in [7, 11) is 0. The van der Waals surface area contributed by atoms with Crippen LogP contribution in [0.25, 0.3) is 10.9 Å². The molecule has 1 aromatic carbocycles. The summed E-state index contributed by atoms with van der Waals surface area (Å²) in [5.74, 6) is 1.71. The topological polar surface area (TPSA) is 64.5 Å². The Morgan fingerprint density at radius 1 is 1.00 bits per heavy atom. The van der Waals surface area contributed by atoms with Crippen molar-refractivity contribution in [3.63, 3.8) is 0 Å². The molecule has 0 bridgehead atoms. The predicted octanol–water partition coefficient (Wildman–Crippen LogP) is 3.81. The molecule has 27 heavy (non-hydrogen) atoms. The zero-order valence-corrected chi connectivity index (χ0v) is 15.0. The molecule has 3 heterocycles. The third-order valence-corrected chi connectivity index (χ3v) is 4.55. The average molecular weight is 363 g/mol. The lowest BCUT2D eigenvalue weighted by Crippen LogP contribution is -2.38. The third kappa shape index (κ3) is 4.34. The van der Waals surface area contributed by atoms with Crippen LogP contribution < -0.4 is 9.47 Å². The molecule has 1 saturated heterocycles. The Labute approximate surface area is 157 Å². The van der Waals surface area contributed by atoms with E-state index in [4.69, 9.17) is 9.47 Å². The van der Waals surface area contributed by atoms with E-state index in [-0.39, 0.29) is 12.5 Å². The van der Waals surface area contributed by atoms with Crippen LogP contribution in [0.15, 0.2) is 54.7 Å². The predicted molar refractivity (Wildman–Crippen MR) is 102 cm³/mol. The summed E-state index contributed by atoms with van der Waals surface area (Å²) in [5, 5.41) is 0.929. The molecule has 0 N–H and O–H groups in total. The number of aromatic nitrogens is 2. The van der Waals surface area contributed by atoms with Gasteiger partial charge in [0, 0.05) is 36.8 Å². The van der Waals surface area contributed by atoms with Gasteiger partial charge in [-0.1, -0.05) is 6.07 Å². The molecule has 0 aliphatic carbocycles. The fourth-order valence-electron chi connectivity index (χ4n) is 3.13. The van der Waals surface area contributed by atoms with Crippen molar-refractivity contribution >= 4 is 16.8 Å². The summed E-state index contributed by atoms with van der Waals surface area (Å²) < 4.78 is 11.4. The Morgan fingerprint density at radius 3 is 2.70 bits per heavy atom. The van der Waals surface area contributed by atoms with Crippen LogP contribution in [-0.2, 0) is 4.79 Å². The highest BCUT2D eigenvalue weighted by Gasteiger charge is 2.17. The maximum atomic E-state index is 12.2. The van der Waals surface area contributed by atoms with Crippen molar-refractivity contribution in [1.29, 1.82) is 0 Å². The number of likely N-dealkylation sites (tertiary alicyclic amines) is 1. The van der Waals surface area contributed by atoms with Crippen molar-refractivity contribution in [2.24, 2.45) is 0 Å². The van der Waals surface area contributed by atoms with Crippen molar-refractivity contribution in [2.45, 2.75) is 19.3 Å². The van der Waals surface area contributed by atoms with Crippen LogP contribution in [0.5, 0.6) is 17.5 Å². The number of ether oxygens (including phenoxy) is 2. The van der Waals surface area contributed by atoms with Gasteiger partial charge in [-0.2, -0.15) is 0 Å². The normalized spacial score (nSPS) is 14.1. The Bertz CT molecular complexity index is 924. The number of benzene rings is 1. The summed E-state index contributed by atoms with van der Waals surface area (Å²) in [4.78, 5) is 22.7. The highest BCUT2D eigenvalue weighted by molar-refractivity contribution is 5.81. The minimum atomic E-state index is 0.0238. The van der Waals surface area contributed by atoms with E-state index in [9.17, 15) is 4.79 Å². The molecule has 0 unspecified atom stereocenters. The third-order valence-electron chi connectivity index (χ3n) is 4.55. The molecular weight excluding hydrogens is 342 g/mol. The summed E-state index contributed by atoms with van der Waals surface area (Å²) in [6.07, 6.45) is 5.03. The quantitative estimate of drug-likeness (QED) is 0.690. The number of nitrogens with zero attached hydrogens (tertiary/aromatic N) is 3. The van der Waals surface area contributed by atoms with Gasteiger partial charge in [-0.3, -0.25) is 4.79 Å². The summed E-state index contributed by atoms with van der Waals surface area (Å²) in [5.41, 5.74) is 0.784. The van der Waals surface area contributed by atoms with Gasteiger partial charge in [0.15, 0.2) is 6.61 Å². The van der Waals surface area contributed by atoms with Crippen LogP contribution in [0.3, 0.4) is 0 Å². The van der Waals surface area contributed by atoms with Crippen LogP contribution in [-0.4, -0.2) is 40.5 Å². The second kappa shape index (κ2) is 8.03. The van der Waals surface area contributed by atoms with Gasteiger partial charge in [-0.05, 0) is 49.6 Å². The van der Waals surface area contributed by atoms with Crippen molar-refractivity contribution in [3.05, 3.63) is 54.7 Å². The summed E-state index contributed by atoms with van der Waals surface area (Å²) in [6.45, 7) is 1.68. The van der Waals surface area contributed by atoms with Crippen LogP contribution in [0.1, 0.15) is 19.3 Å². The molecule has 0 spiro atoms. The van der Waals surface area contributed by atoms with Crippen LogP contribution in [0.4, 0.5) is 0 Å². The van der Waals surface area contributed by atoms with E-state index < -0.39 is 0 Å². The second-order valence-corrected chi connectivity index (χ2v) is 6.50. The fraction of sp³-hybridized carbons (Fsp3) is 0.286. The molecule has 0 saturated carbocycles. The molecule has 1 aliphatic heterocycles. The van der Waals surface area contributed by atoms with Gasteiger partial charge in [0.25, 0.3) is 5.91 Å². The van der Waals surface area contributed by atoms with E-state index in [1.54, 1.807) is 18.3 Å². The number of amides is 1. The highest BCUT2D eigenvalue weighted by atomic mass is 16.5. The highest BCUT2D eigenvalue weighted by Crippen LogP contribution is 2.25. The molecule has 6 heteroatoms. The van der Waals surface area contributed by atoms with Crippen molar-refractivity contribution in [3.8, 4) is 17.5 Å². The van der Waals surface area contributed by atoms with E-state index in [1.807, 2.05) is 41.3 Å². The molecule has 0 radical (unpaired) electrons. The number of fused-ring (bicyclic) bond motifs is 1. The van der Waals surface area contributed by atoms with E-state index in [0.717, 1.165) is 36.8 Å². The van der Waals surface area contributed by atoms with Crippen molar-refractivity contribution in [2.75, 3.05) is 19.7 Å². The number of rotatable bonds is 5. The molecule has 1 amide bonds. The fourth-order valence-corrected chi connectivity index (χ4v) is 3.13. The van der Waals surface area contributed by atoms with E-state index in [1.165, 1.54) is 6.42 Å². The molecule has 6 nitrogen and oxygen atoms in total. The zero-order valence-electron chi connectivity index (χ0n) is 15.0.